The predicted octanol–water partition coefficient (Wildman–Crippen LogP) is 3.66. The molecular weight excluding hydrogens is 298 g/mol. The van der Waals surface area contributed by atoms with Crippen LogP contribution in [0.2, 0.25) is 0 Å². The zero-order chi connectivity index (χ0) is 17.1. The van der Waals surface area contributed by atoms with Crippen molar-refractivity contribution in [1.29, 1.82) is 0 Å². The minimum absolute atomic E-state index is 0.0625. The molecule has 0 amide bonds. The van der Waals surface area contributed by atoms with E-state index in [1.165, 1.54) is 11.1 Å². The van der Waals surface area contributed by atoms with Crippen LogP contribution in [0.4, 0.5) is 0 Å². The molecule has 3 aromatic rings. The average molecular weight is 321 g/mol. The quantitative estimate of drug-likeness (QED) is 0.780. The highest BCUT2D eigenvalue weighted by atomic mass is 16.2. The SMILES string of the molecule is CCc1nc2c(C)cc(C)nc2n1Cc1ccc(/C=C/CO)cc1. The standard InChI is InChI=1S/C20H23N3O/c1-4-18-22-19-14(2)12-15(3)21-20(19)23(18)13-17-9-7-16(8-10-17)6-5-11-24/h5-10,12,24H,4,11,13H2,1-3H3/b6-5+. The van der Waals surface area contributed by atoms with E-state index in [-0.39, 0.29) is 6.61 Å². The van der Waals surface area contributed by atoms with Gasteiger partial charge in [-0.25, -0.2) is 9.97 Å². The van der Waals surface area contributed by atoms with E-state index in [1.54, 1.807) is 6.08 Å². The molecular formula is C20H23N3O. The van der Waals surface area contributed by atoms with E-state index >= 15 is 0 Å². The lowest BCUT2D eigenvalue weighted by Gasteiger charge is -2.09. The lowest BCUT2D eigenvalue weighted by Crippen LogP contribution is -2.05. The molecule has 2 heterocycles. The van der Waals surface area contributed by atoms with Gasteiger partial charge in [-0.1, -0.05) is 43.3 Å². The van der Waals surface area contributed by atoms with Crippen LogP contribution in [0.15, 0.2) is 36.4 Å². The molecule has 0 aliphatic heterocycles. The molecule has 3 rings (SSSR count). The molecule has 0 fully saturated rings. The summed E-state index contributed by atoms with van der Waals surface area (Å²) in [5.74, 6) is 1.07. The third-order valence-electron chi connectivity index (χ3n) is 4.15. The topological polar surface area (TPSA) is 50.9 Å². The second-order valence-electron chi connectivity index (χ2n) is 6.05. The van der Waals surface area contributed by atoms with Crippen LogP contribution in [-0.2, 0) is 13.0 Å². The minimum Gasteiger partial charge on any atom is -0.392 e. The molecule has 0 aliphatic rings. The Balaban J connectivity index is 1.98. The number of imidazole rings is 1. The summed E-state index contributed by atoms with van der Waals surface area (Å²) in [4.78, 5) is 9.51. The second-order valence-corrected chi connectivity index (χ2v) is 6.05. The molecule has 124 valence electrons. The number of aliphatic hydroxyl groups is 1. The highest BCUT2D eigenvalue weighted by Crippen LogP contribution is 2.21. The molecule has 0 spiro atoms. The number of aromatic nitrogens is 3. The number of fused-ring (bicyclic) bond motifs is 1. The van der Waals surface area contributed by atoms with E-state index in [0.717, 1.165) is 41.2 Å². The molecule has 0 saturated heterocycles. The van der Waals surface area contributed by atoms with Gasteiger partial charge in [-0.2, -0.15) is 0 Å². The number of benzene rings is 1. The first-order valence-corrected chi connectivity index (χ1v) is 8.32. The Morgan fingerprint density at radius 2 is 1.88 bits per heavy atom. The largest absolute Gasteiger partial charge is 0.392 e. The van der Waals surface area contributed by atoms with Crippen molar-refractivity contribution in [2.24, 2.45) is 0 Å². The van der Waals surface area contributed by atoms with E-state index in [9.17, 15) is 0 Å². The molecule has 4 heteroatoms. The van der Waals surface area contributed by atoms with Gasteiger partial charge in [0.2, 0.25) is 0 Å². The van der Waals surface area contributed by atoms with Crippen molar-refractivity contribution in [2.45, 2.75) is 33.7 Å². The Morgan fingerprint density at radius 3 is 2.54 bits per heavy atom. The Kier molecular flexibility index (Phi) is 4.76. The number of nitrogens with zero attached hydrogens (tertiary/aromatic N) is 3. The maximum Gasteiger partial charge on any atom is 0.160 e. The monoisotopic (exact) mass is 321 g/mol. The summed E-state index contributed by atoms with van der Waals surface area (Å²) >= 11 is 0. The maximum atomic E-state index is 8.85. The minimum atomic E-state index is 0.0625. The van der Waals surface area contributed by atoms with Gasteiger partial charge < -0.3 is 9.67 Å². The number of pyridine rings is 1. The number of aliphatic hydroxyl groups excluding tert-OH is 1. The first kappa shape index (κ1) is 16.4. The van der Waals surface area contributed by atoms with Crippen LogP contribution in [0, 0.1) is 13.8 Å². The Hall–Kier alpha value is -2.46. The summed E-state index contributed by atoms with van der Waals surface area (Å²) in [7, 11) is 0. The first-order chi connectivity index (χ1) is 11.6. The lowest BCUT2D eigenvalue weighted by molar-refractivity contribution is 0.343. The highest BCUT2D eigenvalue weighted by molar-refractivity contribution is 5.76. The molecule has 24 heavy (non-hydrogen) atoms. The Morgan fingerprint density at radius 1 is 1.12 bits per heavy atom. The predicted molar refractivity (Wildman–Crippen MR) is 98.0 cm³/mol. The second kappa shape index (κ2) is 6.97. The van der Waals surface area contributed by atoms with Crippen LogP contribution in [0.3, 0.4) is 0 Å². The average Bonchev–Trinajstić information content (AvgIpc) is 2.92. The van der Waals surface area contributed by atoms with Crippen molar-refractivity contribution < 1.29 is 5.11 Å². The number of aryl methyl sites for hydroxylation is 3. The highest BCUT2D eigenvalue weighted by Gasteiger charge is 2.13. The van der Waals surface area contributed by atoms with Gasteiger partial charge >= 0.3 is 0 Å². The van der Waals surface area contributed by atoms with Crippen LogP contribution in [0.1, 0.15) is 35.1 Å². The zero-order valence-electron chi connectivity index (χ0n) is 14.5. The summed E-state index contributed by atoms with van der Waals surface area (Å²) in [6, 6.07) is 10.4. The summed E-state index contributed by atoms with van der Waals surface area (Å²) in [6.07, 6.45) is 4.54. The summed E-state index contributed by atoms with van der Waals surface area (Å²) in [5, 5.41) is 8.85. The third kappa shape index (κ3) is 3.24. The van der Waals surface area contributed by atoms with Gasteiger partial charge in [0.25, 0.3) is 0 Å². The van der Waals surface area contributed by atoms with Crippen molar-refractivity contribution in [1.82, 2.24) is 14.5 Å². The van der Waals surface area contributed by atoms with Crippen LogP contribution < -0.4 is 0 Å². The smallest absolute Gasteiger partial charge is 0.160 e. The van der Waals surface area contributed by atoms with Crippen molar-refractivity contribution in [3.8, 4) is 0 Å². The van der Waals surface area contributed by atoms with E-state index in [2.05, 4.69) is 48.7 Å². The molecule has 0 unspecified atom stereocenters. The van der Waals surface area contributed by atoms with Gasteiger partial charge in [-0.15, -0.1) is 0 Å². The molecule has 1 N–H and O–H groups in total. The third-order valence-corrected chi connectivity index (χ3v) is 4.15. The molecule has 0 atom stereocenters. The van der Waals surface area contributed by atoms with Gasteiger partial charge in [-0.05, 0) is 36.6 Å². The van der Waals surface area contributed by atoms with E-state index in [1.807, 2.05) is 13.0 Å². The van der Waals surface area contributed by atoms with Gasteiger partial charge in [0.05, 0.1) is 13.2 Å². The molecule has 1 aromatic carbocycles. The number of rotatable bonds is 5. The number of hydrogen-bond donors (Lipinski definition) is 1. The van der Waals surface area contributed by atoms with Crippen molar-refractivity contribution in [3.05, 3.63) is 64.6 Å². The summed E-state index contributed by atoms with van der Waals surface area (Å²) in [6.45, 7) is 7.07. The van der Waals surface area contributed by atoms with E-state index in [0.29, 0.717) is 0 Å². The van der Waals surface area contributed by atoms with Crippen LogP contribution >= 0.6 is 0 Å². The molecule has 0 radical (unpaired) electrons. The maximum absolute atomic E-state index is 8.85. The van der Waals surface area contributed by atoms with Gasteiger partial charge in [-0.3, -0.25) is 0 Å². The summed E-state index contributed by atoms with van der Waals surface area (Å²) < 4.78 is 2.22. The Bertz CT molecular complexity index is 876. The van der Waals surface area contributed by atoms with Crippen LogP contribution in [0.5, 0.6) is 0 Å². The van der Waals surface area contributed by atoms with Crippen LogP contribution in [-0.4, -0.2) is 26.2 Å². The molecule has 0 bridgehead atoms. The fourth-order valence-corrected chi connectivity index (χ4v) is 2.99. The molecule has 2 aromatic heterocycles. The van der Waals surface area contributed by atoms with Crippen molar-refractivity contribution in [3.63, 3.8) is 0 Å². The zero-order valence-corrected chi connectivity index (χ0v) is 14.5. The van der Waals surface area contributed by atoms with E-state index in [4.69, 9.17) is 15.1 Å². The normalized spacial score (nSPS) is 11.7. The Labute approximate surface area is 142 Å². The fourth-order valence-electron chi connectivity index (χ4n) is 2.99. The van der Waals surface area contributed by atoms with Crippen molar-refractivity contribution in [2.75, 3.05) is 6.61 Å². The fraction of sp³-hybridized carbons (Fsp3) is 0.300. The molecule has 0 aliphatic carbocycles. The molecule has 0 saturated carbocycles. The van der Waals surface area contributed by atoms with Crippen LogP contribution in [0.25, 0.3) is 17.2 Å². The van der Waals surface area contributed by atoms with Crippen molar-refractivity contribution >= 4 is 17.2 Å². The van der Waals surface area contributed by atoms with E-state index < -0.39 is 0 Å². The van der Waals surface area contributed by atoms with Gasteiger partial charge in [0.15, 0.2) is 5.65 Å². The summed E-state index contributed by atoms with van der Waals surface area (Å²) in [5.41, 5.74) is 6.47. The molecule has 4 nitrogen and oxygen atoms in total. The van der Waals surface area contributed by atoms with Gasteiger partial charge in [0.1, 0.15) is 11.3 Å². The number of hydrogen-bond acceptors (Lipinski definition) is 3. The first-order valence-electron chi connectivity index (χ1n) is 8.32. The lowest BCUT2D eigenvalue weighted by atomic mass is 10.1. The van der Waals surface area contributed by atoms with Gasteiger partial charge in [0, 0.05) is 12.1 Å².